The molecule has 0 unspecified atom stereocenters. The van der Waals surface area contributed by atoms with Crippen LogP contribution in [0.25, 0.3) is 0 Å². The number of anilines is 1. The molecule has 2 amide bonds. The molecule has 1 spiro atoms. The van der Waals surface area contributed by atoms with Crippen LogP contribution in [0, 0.1) is 39.2 Å². The Kier molecular flexibility index (Phi) is 2.62. The van der Waals surface area contributed by atoms with Gasteiger partial charge in [-0.3, -0.25) is 19.7 Å². The van der Waals surface area contributed by atoms with Crippen LogP contribution < -0.4 is 9.64 Å². The van der Waals surface area contributed by atoms with E-state index in [0.717, 1.165) is 17.7 Å². The molecule has 3 fully saturated rings. The number of amides is 2. The Morgan fingerprint density at radius 1 is 1.16 bits per heavy atom. The number of carbonyl (C=O) groups is 2. The molecule has 4 aliphatic rings. The van der Waals surface area contributed by atoms with Crippen LogP contribution in [-0.4, -0.2) is 23.8 Å². The largest absolute Gasteiger partial charge is 0.495 e. The summed E-state index contributed by atoms with van der Waals surface area (Å²) >= 11 is 0. The van der Waals surface area contributed by atoms with Crippen LogP contribution in [0.15, 0.2) is 30.4 Å². The molecular weight excluding hydrogens is 324 g/mol. The van der Waals surface area contributed by atoms with Crippen LogP contribution in [0.3, 0.4) is 0 Å². The highest BCUT2D eigenvalue weighted by atomic mass is 16.6. The third-order valence-electron chi connectivity index (χ3n) is 6.47. The molecule has 1 aliphatic heterocycles. The smallest absolute Gasteiger partial charge is 0.271 e. The second-order valence-corrected chi connectivity index (χ2v) is 7.35. The number of nitro groups is 1. The summed E-state index contributed by atoms with van der Waals surface area (Å²) in [5.74, 6) is -0.659. The molecule has 5 rings (SSSR count). The summed E-state index contributed by atoms with van der Waals surface area (Å²) in [6.45, 7) is 0. The molecule has 3 aliphatic carbocycles. The van der Waals surface area contributed by atoms with E-state index in [-0.39, 0.29) is 58.0 Å². The van der Waals surface area contributed by atoms with Crippen LogP contribution in [0.1, 0.15) is 12.8 Å². The number of nitrogens with zero attached hydrogens (tertiary/aromatic N) is 2. The maximum Gasteiger partial charge on any atom is 0.271 e. The van der Waals surface area contributed by atoms with Crippen molar-refractivity contribution in [1.82, 2.24) is 0 Å². The fourth-order valence-electron chi connectivity index (χ4n) is 5.28. The first-order chi connectivity index (χ1) is 12.0. The zero-order valence-corrected chi connectivity index (χ0v) is 13.5. The maximum absolute atomic E-state index is 13.1. The SMILES string of the molecule is COc1ccc([N+](=O)[O-])cc1N1C(=O)[C@H]2[C@H](C1=O)[C@H]1C=C[C@H]2C12CC2. The third-order valence-corrected chi connectivity index (χ3v) is 6.47. The average Bonchev–Trinajstić information content (AvgIpc) is 3.19. The summed E-state index contributed by atoms with van der Waals surface area (Å²) in [6, 6.07) is 3.98. The van der Waals surface area contributed by atoms with Gasteiger partial charge < -0.3 is 4.74 Å². The first-order valence-electron chi connectivity index (χ1n) is 8.38. The molecule has 1 aromatic rings. The predicted molar refractivity (Wildman–Crippen MR) is 86.9 cm³/mol. The van der Waals surface area contributed by atoms with E-state index in [0.29, 0.717) is 0 Å². The number of non-ortho nitro benzene ring substituents is 1. The Balaban J connectivity index is 1.59. The van der Waals surface area contributed by atoms with Gasteiger partial charge in [-0.1, -0.05) is 12.2 Å². The lowest BCUT2D eigenvalue weighted by Gasteiger charge is -2.22. The number of carbonyl (C=O) groups excluding carboxylic acids is 2. The van der Waals surface area contributed by atoms with Crippen molar-refractivity contribution in [1.29, 1.82) is 0 Å². The minimum atomic E-state index is -0.542. The first kappa shape index (κ1) is 14.6. The topological polar surface area (TPSA) is 89.8 Å². The van der Waals surface area contributed by atoms with E-state index < -0.39 is 4.92 Å². The third kappa shape index (κ3) is 1.61. The molecule has 4 atom stereocenters. The van der Waals surface area contributed by atoms with E-state index in [2.05, 4.69) is 12.2 Å². The van der Waals surface area contributed by atoms with Gasteiger partial charge in [-0.25, -0.2) is 4.90 Å². The van der Waals surface area contributed by atoms with E-state index in [4.69, 9.17) is 4.74 Å². The molecule has 1 heterocycles. The molecule has 7 heteroatoms. The van der Waals surface area contributed by atoms with Crippen LogP contribution in [0.5, 0.6) is 5.75 Å². The number of ether oxygens (including phenoxy) is 1. The summed E-state index contributed by atoms with van der Waals surface area (Å²) in [4.78, 5) is 37.9. The summed E-state index contributed by atoms with van der Waals surface area (Å²) in [6.07, 6.45) is 6.34. The zero-order valence-electron chi connectivity index (χ0n) is 13.5. The van der Waals surface area contributed by atoms with Crippen molar-refractivity contribution in [3.8, 4) is 5.75 Å². The number of rotatable bonds is 3. The zero-order chi connectivity index (χ0) is 17.5. The molecule has 128 valence electrons. The molecule has 2 saturated carbocycles. The van der Waals surface area contributed by atoms with Gasteiger partial charge in [0.1, 0.15) is 11.4 Å². The molecular formula is C18H16N2O5. The number of nitro benzene ring substituents is 1. The van der Waals surface area contributed by atoms with Crippen molar-refractivity contribution >= 4 is 23.2 Å². The van der Waals surface area contributed by atoms with Crippen LogP contribution in [-0.2, 0) is 9.59 Å². The standard InChI is InChI=1S/C18H16N2O5/c1-25-13-5-2-9(20(23)24)8-12(13)19-16(21)14-10-3-4-11(15(14)17(19)22)18(10)6-7-18/h2-5,8,10-11,14-15H,6-7H2,1H3/t10-,11-,14-,15-/m1/s1. The van der Waals surface area contributed by atoms with Crippen LogP contribution >= 0.6 is 0 Å². The van der Waals surface area contributed by atoms with E-state index in [1.807, 2.05) is 0 Å². The Labute approximate surface area is 143 Å². The molecule has 1 saturated heterocycles. The Morgan fingerprint density at radius 3 is 2.24 bits per heavy atom. The Bertz CT molecular complexity index is 838. The van der Waals surface area contributed by atoms with Gasteiger partial charge in [0.05, 0.1) is 23.9 Å². The highest BCUT2D eigenvalue weighted by Gasteiger charge is 2.73. The highest BCUT2D eigenvalue weighted by molar-refractivity contribution is 6.23. The van der Waals surface area contributed by atoms with Crippen molar-refractivity contribution in [3.05, 3.63) is 40.5 Å². The normalized spacial score (nSPS) is 33.2. The highest BCUT2D eigenvalue weighted by Crippen LogP contribution is 2.73. The Hall–Kier alpha value is -2.70. The number of benzene rings is 1. The molecule has 0 N–H and O–H groups in total. The lowest BCUT2D eigenvalue weighted by atomic mass is 9.85. The second-order valence-electron chi connectivity index (χ2n) is 7.35. The van der Waals surface area contributed by atoms with Gasteiger partial charge in [0, 0.05) is 12.1 Å². The predicted octanol–water partition coefficient (Wildman–Crippen LogP) is 2.30. The quantitative estimate of drug-likeness (QED) is 0.364. The van der Waals surface area contributed by atoms with Gasteiger partial charge >= 0.3 is 0 Å². The molecule has 7 nitrogen and oxygen atoms in total. The molecule has 0 radical (unpaired) electrons. The van der Waals surface area contributed by atoms with Crippen molar-refractivity contribution in [2.24, 2.45) is 29.1 Å². The summed E-state index contributed by atoms with van der Waals surface area (Å²) in [5, 5.41) is 11.1. The summed E-state index contributed by atoms with van der Waals surface area (Å²) < 4.78 is 5.25. The minimum Gasteiger partial charge on any atom is -0.495 e. The first-order valence-corrected chi connectivity index (χ1v) is 8.38. The van der Waals surface area contributed by atoms with Gasteiger partial charge in [-0.05, 0) is 36.2 Å². The van der Waals surface area contributed by atoms with Crippen LogP contribution in [0.4, 0.5) is 11.4 Å². The Morgan fingerprint density at radius 2 is 1.76 bits per heavy atom. The van der Waals surface area contributed by atoms with Crippen molar-refractivity contribution < 1.29 is 19.2 Å². The number of imide groups is 1. The number of allylic oxidation sites excluding steroid dienone is 2. The van der Waals surface area contributed by atoms with Crippen molar-refractivity contribution in [2.75, 3.05) is 12.0 Å². The van der Waals surface area contributed by atoms with Gasteiger partial charge in [0.25, 0.3) is 5.69 Å². The monoisotopic (exact) mass is 340 g/mol. The average molecular weight is 340 g/mol. The number of hydrogen-bond donors (Lipinski definition) is 0. The van der Waals surface area contributed by atoms with E-state index in [9.17, 15) is 19.7 Å². The second kappa shape index (κ2) is 4.47. The lowest BCUT2D eigenvalue weighted by Crippen LogP contribution is -2.35. The lowest BCUT2D eigenvalue weighted by molar-refractivity contribution is -0.384. The van der Waals surface area contributed by atoms with Crippen molar-refractivity contribution in [2.45, 2.75) is 12.8 Å². The number of fused-ring (bicyclic) bond motifs is 3. The van der Waals surface area contributed by atoms with Gasteiger partial charge in [-0.2, -0.15) is 0 Å². The molecule has 0 aromatic heterocycles. The molecule has 2 bridgehead atoms. The van der Waals surface area contributed by atoms with Crippen molar-refractivity contribution in [3.63, 3.8) is 0 Å². The summed E-state index contributed by atoms with van der Waals surface area (Å²) in [7, 11) is 1.42. The fourth-order valence-corrected chi connectivity index (χ4v) is 5.28. The van der Waals surface area contributed by atoms with Gasteiger partial charge in [-0.15, -0.1) is 0 Å². The van der Waals surface area contributed by atoms with Crippen LogP contribution in [0.2, 0.25) is 0 Å². The number of methoxy groups -OCH3 is 1. The van der Waals surface area contributed by atoms with E-state index in [1.54, 1.807) is 0 Å². The van der Waals surface area contributed by atoms with Gasteiger partial charge in [0.2, 0.25) is 11.8 Å². The van der Waals surface area contributed by atoms with E-state index in [1.165, 1.54) is 25.3 Å². The summed E-state index contributed by atoms with van der Waals surface area (Å²) in [5.41, 5.74) is 0.123. The van der Waals surface area contributed by atoms with Gasteiger partial charge in [0.15, 0.2) is 0 Å². The molecule has 25 heavy (non-hydrogen) atoms. The number of hydrogen-bond acceptors (Lipinski definition) is 5. The van der Waals surface area contributed by atoms with E-state index >= 15 is 0 Å². The maximum atomic E-state index is 13.1. The molecule has 1 aromatic carbocycles. The fraction of sp³-hybridized carbons (Fsp3) is 0.444. The minimum absolute atomic E-state index is 0.119.